The SMILES string of the molecule is C1=CC2CC2c2c1sc1ccc3sc4cccc(C5=NC(c6ccccc6-c6ccc7[nH]c8ccccc8c7c6)=NC(c6ccccc6)N5)c4c3c21. The third kappa shape index (κ3) is 4.25. The Morgan fingerprint density at radius 1 is 0.615 bits per heavy atom. The highest BCUT2D eigenvalue weighted by Crippen LogP contribution is 2.58. The first-order valence-corrected chi connectivity index (χ1v) is 19.6. The second-order valence-electron chi connectivity index (χ2n) is 14.2. The van der Waals surface area contributed by atoms with Gasteiger partial charge in [0.2, 0.25) is 0 Å². The number of aliphatic imine (C=N–C) groups is 2. The topological polar surface area (TPSA) is 52.5 Å². The monoisotopic (exact) mass is 702 g/mol. The van der Waals surface area contributed by atoms with Crippen molar-refractivity contribution in [1.82, 2.24) is 10.3 Å². The van der Waals surface area contributed by atoms with Gasteiger partial charge in [-0.1, -0.05) is 97.1 Å². The van der Waals surface area contributed by atoms with Gasteiger partial charge >= 0.3 is 0 Å². The van der Waals surface area contributed by atoms with Crippen LogP contribution in [0, 0.1) is 5.92 Å². The van der Waals surface area contributed by atoms with Gasteiger partial charge in [0.15, 0.2) is 5.84 Å². The molecule has 1 aliphatic heterocycles. The maximum atomic E-state index is 5.45. The van der Waals surface area contributed by atoms with E-state index in [2.05, 4.69) is 150 Å². The molecule has 6 heteroatoms. The van der Waals surface area contributed by atoms with Crippen molar-refractivity contribution in [2.45, 2.75) is 18.5 Å². The van der Waals surface area contributed by atoms with Gasteiger partial charge in [-0.25, -0.2) is 9.98 Å². The molecule has 3 unspecified atom stereocenters. The van der Waals surface area contributed by atoms with E-state index in [1.165, 1.54) is 52.3 Å². The van der Waals surface area contributed by atoms with Crippen molar-refractivity contribution in [3.05, 3.63) is 161 Å². The maximum Gasteiger partial charge on any atom is 0.160 e. The molecule has 0 saturated heterocycles. The van der Waals surface area contributed by atoms with Crippen LogP contribution in [-0.2, 0) is 0 Å². The average molecular weight is 703 g/mol. The van der Waals surface area contributed by atoms with Crippen LogP contribution >= 0.6 is 22.7 Å². The first kappa shape index (κ1) is 28.8. The van der Waals surface area contributed by atoms with Crippen molar-refractivity contribution in [1.29, 1.82) is 0 Å². The molecule has 246 valence electrons. The Hall–Kier alpha value is -5.82. The molecule has 6 aromatic carbocycles. The Labute approximate surface area is 307 Å². The van der Waals surface area contributed by atoms with Crippen LogP contribution in [-0.4, -0.2) is 16.7 Å². The molecule has 3 atom stereocenters. The molecule has 2 aliphatic carbocycles. The molecule has 12 rings (SSSR count). The molecule has 52 heavy (non-hydrogen) atoms. The quantitative estimate of drug-likeness (QED) is 0.188. The third-order valence-corrected chi connectivity index (χ3v) is 13.4. The Balaban J connectivity index is 1.08. The van der Waals surface area contributed by atoms with Gasteiger partial charge in [0.05, 0.1) is 0 Å². The summed E-state index contributed by atoms with van der Waals surface area (Å²) in [6, 6.07) is 45.7. The maximum absolute atomic E-state index is 5.45. The molecule has 3 aliphatic rings. The van der Waals surface area contributed by atoms with Crippen molar-refractivity contribution in [3.63, 3.8) is 0 Å². The van der Waals surface area contributed by atoms with Gasteiger partial charge < -0.3 is 10.3 Å². The van der Waals surface area contributed by atoms with Crippen LogP contribution in [0.1, 0.15) is 45.6 Å². The number of aromatic amines is 1. The highest BCUT2D eigenvalue weighted by atomic mass is 32.1. The summed E-state index contributed by atoms with van der Waals surface area (Å²) in [5.74, 6) is 2.93. The molecule has 0 spiro atoms. The lowest BCUT2D eigenvalue weighted by molar-refractivity contribution is 0.674. The van der Waals surface area contributed by atoms with Crippen LogP contribution in [0.3, 0.4) is 0 Å². The highest BCUT2D eigenvalue weighted by molar-refractivity contribution is 7.26. The number of hydrogen-bond acceptors (Lipinski definition) is 5. The van der Waals surface area contributed by atoms with E-state index in [-0.39, 0.29) is 6.17 Å². The lowest BCUT2D eigenvalue weighted by Gasteiger charge is -2.25. The first-order chi connectivity index (χ1) is 25.7. The summed E-state index contributed by atoms with van der Waals surface area (Å²) in [6.07, 6.45) is 5.78. The number of para-hydroxylation sites is 1. The minimum absolute atomic E-state index is 0.292. The van der Waals surface area contributed by atoms with Gasteiger partial charge in [-0.05, 0) is 83.0 Å². The van der Waals surface area contributed by atoms with Gasteiger partial charge in [-0.15, -0.1) is 22.7 Å². The molecule has 1 fully saturated rings. The van der Waals surface area contributed by atoms with Crippen molar-refractivity contribution < 1.29 is 0 Å². The normalized spacial score (nSPS) is 19.2. The number of rotatable bonds is 4. The van der Waals surface area contributed by atoms with E-state index in [4.69, 9.17) is 9.98 Å². The van der Waals surface area contributed by atoms with Gasteiger partial charge in [0.25, 0.3) is 0 Å². The molecule has 1 saturated carbocycles. The summed E-state index contributed by atoms with van der Waals surface area (Å²) < 4.78 is 4.01. The largest absolute Gasteiger partial charge is 0.355 e. The number of allylic oxidation sites excluding steroid dienone is 1. The molecule has 3 aromatic heterocycles. The van der Waals surface area contributed by atoms with E-state index in [9.17, 15) is 0 Å². The number of nitrogens with one attached hydrogen (secondary N) is 2. The second-order valence-corrected chi connectivity index (χ2v) is 16.4. The fourth-order valence-corrected chi connectivity index (χ4v) is 11.0. The van der Waals surface area contributed by atoms with E-state index in [1.807, 2.05) is 22.7 Å². The molecule has 9 aromatic rings. The third-order valence-electron chi connectivity index (χ3n) is 11.2. The number of fused-ring (bicyclic) bond motifs is 12. The van der Waals surface area contributed by atoms with E-state index in [0.29, 0.717) is 11.8 Å². The lowest BCUT2D eigenvalue weighted by Crippen LogP contribution is -2.33. The fourth-order valence-electron chi connectivity index (χ4n) is 8.66. The number of amidine groups is 2. The van der Waals surface area contributed by atoms with Gasteiger partial charge in [-0.3, -0.25) is 0 Å². The summed E-state index contributed by atoms with van der Waals surface area (Å²) in [7, 11) is 0. The fraction of sp³-hybridized carbons (Fsp3) is 0.0870. The molecule has 0 amide bonds. The summed E-state index contributed by atoms with van der Waals surface area (Å²) in [5, 5.41) is 10.4. The minimum Gasteiger partial charge on any atom is -0.355 e. The zero-order valence-electron chi connectivity index (χ0n) is 27.9. The van der Waals surface area contributed by atoms with E-state index >= 15 is 0 Å². The van der Waals surface area contributed by atoms with Crippen molar-refractivity contribution in [2.75, 3.05) is 0 Å². The van der Waals surface area contributed by atoms with Gasteiger partial charge in [-0.2, -0.15) is 0 Å². The number of benzene rings is 6. The average Bonchev–Trinajstić information content (AvgIpc) is 3.55. The van der Waals surface area contributed by atoms with Crippen molar-refractivity contribution >= 4 is 92.5 Å². The number of H-pyrrole nitrogens is 1. The number of thiophene rings is 2. The lowest BCUT2D eigenvalue weighted by atomic mass is 9.95. The second kappa shape index (κ2) is 10.8. The molecule has 4 nitrogen and oxygen atoms in total. The van der Waals surface area contributed by atoms with Crippen LogP contribution in [0.2, 0.25) is 0 Å². The van der Waals surface area contributed by atoms with Crippen LogP contribution in [0.5, 0.6) is 0 Å². The minimum atomic E-state index is -0.292. The number of aromatic nitrogens is 1. The Bertz CT molecular complexity index is 3050. The smallest absolute Gasteiger partial charge is 0.160 e. The van der Waals surface area contributed by atoms with Crippen LogP contribution in [0.15, 0.2) is 143 Å². The zero-order chi connectivity index (χ0) is 33.9. The van der Waals surface area contributed by atoms with Gasteiger partial charge in [0.1, 0.15) is 12.0 Å². The van der Waals surface area contributed by atoms with E-state index < -0.39 is 0 Å². The molecular weight excluding hydrogens is 673 g/mol. The van der Waals surface area contributed by atoms with Crippen LogP contribution in [0.25, 0.3) is 69.3 Å². The summed E-state index contributed by atoms with van der Waals surface area (Å²) >= 11 is 3.84. The van der Waals surface area contributed by atoms with Crippen LogP contribution < -0.4 is 5.32 Å². The Morgan fingerprint density at radius 3 is 2.31 bits per heavy atom. The predicted octanol–water partition coefficient (Wildman–Crippen LogP) is 12.2. The van der Waals surface area contributed by atoms with Gasteiger partial charge in [0, 0.05) is 68.1 Å². The molecule has 2 N–H and O–H groups in total. The van der Waals surface area contributed by atoms with E-state index in [1.54, 1.807) is 5.56 Å². The zero-order valence-corrected chi connectivity index (χ0v) is 29.6. The molecular formula is C46H30N4S2. The molecule has 0 radical (unpaired) electrons. The number of nitrogens with zero attached hydrogens (tertiary/aromatic N) is 2. The Morgan fingerprint density at radius 2 is 1.38 bits per heavy atom. The Kier molecular flexibility index (Phi) is 6.01. The molecule has 0 bridgehead atoms. The summed E-state index contributed by atoms with van der Waals surface area (Å²) in [6.45, 7) is 0. The van der Waals surface area contributed by atoms with Crippen molar-refractivity contribution in [3.8, 4) is 11.1 Å². The highest BCUT2D eigenvalue weighted by Gasteiger charge is 2.42. The molecule has 4 heterocycles. The summed E-state index contributed by atoms with van der Waals surface area (Å²) in [4.78, 5) is 15.8. The predicted molar refractivity (Wildman–Crippen MR) is 221 cm³/mol. The van der Waals surface area contributed by atoms with Crippen molar-refractivity contribution in [2.24, 2.45) is 15.9 Å². The number of hydrogen-bond donors (Lipinski definition) is 2. The summed E-state index contributed by atoms with van der Waals surface area (Å²) in [5.41, 5.74) is 9.36. The first-order valence-electron chi connectivity index (χ1n) is 17.9. The standard InChI is InChI=1S/C46H30N4S2/c1-2-9-25(10-3-1)44-48-45(30-13-5-4-11-28(30)26-17-19-35-33(24-26)29-12-6-7-15-34(29)47-35)50-46(49-44)31-14-8-16-36-40(31)42-38(51-36)21-22-39-43(42)41-32-23-27(32)18-20-37(41)52-39/h1-22,24,27,32,44,47H,23H2,(H,48,49,50). The van der Waals surface area contributed by atoms with E-state index in [0.717, 1.165) is 50.5 Å². The van der Waals surface area contributed by atoms with Crippen LogP contribution in [0.4, 0.5) is 0 Å².